The molecular weight excluding hydrogens is 224 g/mol. The Balaban J connectivity index is 2.87. The number of carboxylic acid groups (broad SMARTS) is 1. The van der Waals surface area contributed by atoms with Gasteiger partial charge in [-0.25, -0.2) is 9.78 Å². The Morgan fingerprint density at radius 3 is 3.00 bits per heavy atom. The number of thiazole rings is 1. The van der Waals surface area contributed by atoms with Crippen LogP contribution in [0.5, 0.6) is 0 Å². The van der Waals surface area contributed by atoms with Crippen LogP contribution in [0.25, 0.3) is 10.2 Å². The maximum absolute atomic E-state index is 10.8. The van der Waals surface area contributed by atoms with Gasteiger partial charge in [-0.1, -0.05) is 11.6 Å². The first-order valence-electron chi connectivity index (χ1n) is 3.65. The van der Waals surface area contributed by atoms with Crippen LogP contribution in [0.1, 0.15) is 10.4 Å². The van der Waals surface area contributed by atoms with Crippen molar-refractivity contribution < 1.29 is 9.90 Å². The standard InChI is InChI=1S/C8H5ClN2O2S/c9-5-6(10)3(8(12)13)1-4-7(5)14-2-11-4/h1-2H,10H2,(H,12,13). The van der Waals surface area contributed by atoms with Gasteiger partial charge in [-0.3, -0.25) is 0 Å². The molecule has 0 aliphatic heterocycles. The van der Waals surface area contributed by atoms with Gasteiger partial charge in [0.1, 0.15) is 0 Å². The third-order valence-corrected chi connectivity index (χ3v) is 3.20. The number of hydrogen-bond donors (Lipinski definition) is 2. The SMILES string of the molecule is Nc1c(C(=O)O)cc2ncsc2c1Cl. The summed E-state index contributed by atoms with van der Waals surface area (Å²) in [5, 5.41) is 9.09. The number of carboxylic acids is 1. The highest BCUT2D eigenvalue weighted by Crippen LogP contribution is 2.34. The van der Waals surface area contributed by atoms with Gasteiger partial charge in [-0.05, 0) is 6.07 Å². The zero-order chi connectivity index (χ0) is 10.3. The second kappa shape index (κ2) is 3.11. The number of carbonyl (C=O) groups is 1. The van der Waals surface area contributed by atoms with Crippen LogP contribution in [0.4, 0.5) is 5.69 Å². The molecule has 0 aliphatic carbocycles. The summed E-state index contributed by atoms with van der Waals surface area (Å²) in [6.07, 6.45) is 0. The van der Waals surface area contributed by atoms with E-state index in [0.717, 1.165) is 0 Å². The first kappa shape index (κ1) is 9.23. The Morgan fingerprint density at radius 1 is 1.64 bits per heavy atom. The van der Waals surface area contributed by atoms with Gasteiger partial charge >= 0.3 is 5.97 Å². The number of aromatic nitrogens is 1. The highest BCUT2D eigenvalue weighted by atomic mass is 35.5. The molecule has 0 atom stereocenters. The van der Waals surface area contributed by atoms with Crippen LogP contribution in [-0.2, 0) is 0 Å². The van der Waals surface area contributed by atoms with E-state index in [9.17, 15) is 4.79 Å². The first-order valence-corrected chi connectivity index (χ1v) is 4.91. The molecule has 0 bridgehead atoms. The van der Waals surface area contributed by atoms with E-state index in [-0.39, 0.29) is 16.3 Å². The molecule has 14 heavy (non-hydrogen) atoms. The number of hydrogen-bond acceptors (Lipinski definition) is 4. The van der Waals surface area contributed by atoms with Gasteiger partial charge in [0.2, 0.25) is 0 Å². The molecule has 0 aliphatic rings. The van der Waals surface area contributed by atoms with Crippen molar-refractivity contribution in [2.75, 3.05) is 5.73 Å². The second-order valence-corrected chi connectivity index (χ2v) is 3.89. The summed E-state index contributed by atoms with van der Waals surface area (Å²) >= 11 is 7.23. The molecule has 2 aromatic rings. The van der Waals surface area contributed by atoms with E-state index >= 15 is 0 Å². The van der Waals surface area contributed by atoms with Crippen LogP contribution in [0, 0.1) is 0 Å². The molecule has 1 heterocycles. The summed E-state index contributed by atoms with van der Waals surface area (Å²) in [6, 6.07) is 1.43. The molecule has 1 aromatic heterocycles. The van der Waals surface area contributed by atoms with Crippen molar-refractivity contribution in [3.8, 4) is 0 Å². The van der Waals surface area contributed by atoms with Gasteiger partial charge in [0, 0.05) is 0 Å². The Labute approximate surface area is 87.9 Å². The van der Waals surface area contributed by atoms with Crippen LogP contribution < -0.4 is 5.73 Å². The van der Waals surface area contributed by atoms with Crippen molar-refractivity contribution in [3.63, 3.8) is 0 Å². The minimum atomic E-state index is -1.10. The normalized spacial score (nSPS) is 10.6. The predicted octanol–water partition coefficient (Wildman–Crippen LogP) is 2.23. The Kier molecular flexibility index (Phi) is 2.05. The summed E-state index contributed by atoms with van der Waals surface area (Å²) in [6.45, 7) is 0. The third-order valence-electron chi connectivity index (χ3n) is 1.83. The number of nitrogen functional groups attached to an aromatic ring is 1. The average molecular weight is 229 g/mol. The van der Waals surface area contributed by atoms with Crippen LogP contribution >= 0.6 is 22.9 Å². The zero-order valence-corrected chi connectivity index (χ0v) is 8.39. The largest absolute Gasteiger partial charge is 0.478 e. The van der Waals surface area contributed by atoms with Crippen LogP contribution in [-0.4, -0.2) is 16.1 Å². The van der Waals surface area contributed by atoms with Gasteiger partial charge in [0.15, 0.2) is 0 Å². The number of benzene rings is 1. The number of rotatable bonds is 1. The molecular formula is C8H5ClN2O2S. The van der Waals surface area contributed by atoms with E-state index in [1.807, 2.05) is 0 Å². The van der Waals surface area contributed by atoms with Crippen LogP contribution in [0.3, 0.4) is 0 Å². The van der Waals surface area contributed by atoms with Gasteiger partial charge in [-0.15, -0.1) is 11.3 Å². The van der Waals surface area contributed by atoms with Crippen molar-refractivity contribution >= 4 is 44.8 Å². The smallest absolute Gasteiger partial charge is 0.337 e. The quantitative estimate of drug-likeness (QED) is 0.734. The number of fused-ring (bicyclic) bond motifs is 1. The predicted molar refractivity (Wildman–Crippen MR) is 56.0 cm³/mol. The molecule has 4 nitrogen and oxygen atoms in total. The summed E-state index contributed by atoms with van der Waals surface area (Å²) in [4.78, 5) is 14.8. The summed E-state index contributed by atoms with van der Waals surface area (Å²) in [5.41, 5.74) is 7.82. The number of anilines is 1. The van der Waals surface area contributed by atoms with E-state index in [0.29, 0.717) is 10.2 Å². The molecule has 0 unspecified atom stereocenters. The average Bonchev–Trinajstić information content (AvgIpc) is 2.58. The maximum atomic E-state index is 10.8. The van der Waals surface area contributed by atoms with E-state index < -0.39 is 5.97 Å². The van der Waals surface area contributed by atoms with Crippen LogP contribution in [0.15, 0.2) is 11.6 Å². The topological polar surface area (TPSA) is 76.2 Å². The monoisotopic (exact) mass is 228 g/mol. The summed E-state index contributed by atoms with van der Waals surface area (Å²) in [5.74, 6) is -1.10. The van der Waals surface area contributed by atoms with Crippen molar-refractivity contribution in [3.05, 3.63) is 22.2 Å². The van der Waals surface area contributed by atoms with Crippen molar-refractivity contribution in [1.82, 2.24) is 4.98 Å². The second-order valence-electron chi connectivity index (χ2n) is 2.66. The molecule has 0 fully saturated rings. The molecule has 3 N–H and O–H groups in total. The molecule has 0 spiro atoms. The lowest BCUT2D eigenvalue weighted by atomic mass is 10.1. The summed E-state index contributed by atoms with van der Waals surface area (Å²) in [7, 11) is 0. The third kappa shape index (κ3) is 1.21. The lowest BCUT2D eigenvalue weighted by Crippen LogP contribution is -2.02. The molecule has 0 radical (unpaired) electrons. The Bertz CT molecular complexity index is 523. The molecule has 6 heteroatoms. The highest BCUT2D eigenvalue weighted by molar-refractivity contribution is 7.17. The van der Waals surface area contributed by atoms with Gasteiger partial charge < -0.3 is 10.8 Å². The van der Waals surface area contributed by atoms with Gasteiger partial charge in [0.25, 0.3) is 0 Å². The van der Waals surface area contributed by atoms with Crippen molar-refractivity contribution in [2.24, 2.45) is 0 Å². The number of halogens is 1. The van der Waals surface area contributed by atoms with Crippen molar-refractivity contribution in [2.45, 2.75) is 0 Å². The van der Waals surface area contributed by atoms with Crippen LogP contribution in [0.2, 0.25) is 5.02 Å². The highest BCUT2D eigenvalue weighted by Gasteiger charge is 2.15. The van der Waals surface area contributed by atoms with Gasteiger partial charge in [0.05, 0.1) is 32.0 Å². The lowest BCUT2D eigenvalue weighted by molar-refractivity contribution is 0.0698. The Hall–Kier alpha value is -1.33. The van der Waals surface area contributed by atoms with E-state index in [1.54, 1.807) is 5.51 Å². The fourth-order valence-corrected chi connectivity index (χ4v) is 2.20. The molecule has 72 valence electrons. The number of nitrogens with zero attached hydrogens (tertiary/aromatic N) is 1. The first-order chi connectivity index (χ1) is 6.61. The van der Waals surface area contributed by atoms with Gasteiger partial charge in [-0.2, -0.15) is 0 Å². The fourth-order valence-electron chi connectivity index (χ4n) is 1.15. The Morgan fingerprint density at radius 2 is 2.36 bits per heavy atom. The fraction of sp³-hybridized carbons (Fsp3) is 0. The molecule has 0 saturated heterocycles. The van der Waals surface area contributed by atoms with E-state index in [2.05, 4.69) is 4.98 Å². The number of aromatic carboxylic acids is 1. The minimum absolute atomic E-state index is 0.00611. The maximum Gasteiger partial charge on any atom is 0.337 e. The molecule has 2 rings (SSSR count). The van der Waals surface area contributed by atoms with Crippen molar-refractivity contribution in [1.29, 1.82) is 0 Å². The summed E-state index contributed by atoms with van der Waals surface area (Å²) < 4.78 is 0.717. The minimum Gasteiger partial charge on any atom is -0.478 e. The van der Waals surface area contributed by atoms with E-state index in [4.69, 9.17) is 22.4 Å². The zero-order valence-electron chi connectivity index (χ0n) is 6.82. The van der Waals surface area contributed by atoms with E-state index in [1.165, 1.54) is 17.4 Å². The lowest BCUT2D eigenvalue weighted by Gasteiger charge is -2.03. The molecule has 0 amide bonds. The molecule has 1 aromatic carbocycles. The number of nitrogens with two attached hydrogens (primary N) is 1. The molecule has 0 saturated carbocycles.